The van der Waals surface area contributed by atoms with Gasteiger partial charge in [0, 0.05) is 42.2 Å². The summed E-state index contributed by atoms with van der Waals surface area (Å²) in [5.74, 6) is -0.161. The van der Waals surface area contributed by atoms with Crippen molar-refractivity contribution >= 4 is 34.8 Å². The maximum absolute atomic E-state index is 11.1. The molecule has 0 spiro atoms. The minimum Gasteiger partial charge on any atom is -0.502 e. The van der Waals surface area contributed by atoms with Crippen molar-refractivity contribution in [3.05, 3.63) is 80.6 Å². The number of hydrogen-bond donors (Lipinski definition) is 2. The number of primary amides is 1. The number of carbonyl (C=O) groups excluding carboxylic acids is 1. The first-order chi connectivity index (χ1) is 14.7. The number of phenolic OH excluding ortho intramolecular Hbond substituents is 1. The molecule has 1 heterocycles. The van der Waals surface area contributed by atoms with Crippen LogP contribution >= 0.6 is 23.2 Å². The maximum atomic E-state index is 11.1. The molecule has 0 atom stereocenters. The quantitative estimate of drug-likeness (QED) is 0.357. The molecular weight excluding hydrogens is 443 g/mol. The lowest BCUT2D eigenvalue weighted by atomic mass is 10.1. The Kier molecular flexibility index (Phi) is 7.14. The van der Waals surface area contributed by atoms with Crippen molar-refractivity contribution in [2.45, 2.75) is 25.8 Å². The van der Waals surface area contributed by atoms with Gasteiger partial charge < -0.3 is 15.4 Å². The fourth-order valence-electron chi connectivity index (χ4n) is 3.07. The Hall–Kier alpha value is -3.10. The Morgan fingerprint density at radius 3 is 2.71 bits per heavy atom. The van der Waals surface area contributed by atoms with Crippen LogP contribution in [0.4, 0.5) is 5.69 Å². The van der Waals surface area contributed by atoms with E-state index < -0.39 is 4.92 Å². The summed E-state index contributed by atoms with van der Waals surface area (Å²) in [5, 5.41) is 21.6. The molecule has 0 fully saturated rings. The number of nitrogens with zero attached hydrogens (tertiary/aromatic N) is 3. The number of amides is 1. The number of rotatable bonds is 9. The van der Waals surface area contributed by atoms with Crippen LogP contribution in [0.25, 0.3) is 11.3 Å². The van der Waals surface area contributed by atoms with Gasteiger partial charge in [-0.2, -0.15) is 0 Å². The van der Waals surface area contributed by atoms with E-state index in [0.29, 0.717) is 52.1 Å². The Balaban J connectivity index is 1.86. The minimum absolute atomic E-state index is 0.235. The molecule has 3 aromatic rings. The average molecular weight is 462 g/mol. The average Bonchev–Trinajstić information content (AvgIpc) is 3.09. The number of nitro benzene ring substituents is 1. The van der Waals surface area contributed by atoms with Crippen molar-refractivity contribution in [3.63, 3.8) is 0 Å². The van der Waals surface area contributed by atoms with Crippen molar-refractivity contribution in [1.29, 1.82) is 0 Å². The molecular formula is C21H19Cl2N4O4. The number of halogens is 2. The monoisotopic (exact) mass is 461 g/mol. The van der Waals surface area contributed by atoms with E-state index in [1.807, 2.05) is 17.2 Å². The second kappa shape index (κ2) is 9.80. The first-order valence-electron chi connectivity index (χ1n) is 9.35. The number of aryl methyl sites for hydroxylation is 1. The van der Waals surface area contributed by atoms with Crippen LogP contribution in [0.15, 0.2) is 42.6 Å². The van der Waals surface area contributed by atoms with Crippen LogP contribution in [-0.2, 0) is 17.8 Å². The van der Waals surface area contributed by atoms with Crippen molar-refractivity contribution < 1.29 is 14.8 Å². The Morgan fingerprint density at radius 2 is 2.03 bits per heavy atom. The maximum Gasteiger partial charge on any atom is 0.310 e. The second-order valence-electron chi connectivity index (χ2n) is 6.86. The first kappa shape index (κ1) is 22.6. The lowest BCUT2D eigenvalue weighted by molar-refractivity contribution is -0.385. The van der Waals surface area contributed by atoms with Crippen molar-refractivity contribution in [3.8, 4) is 17.0 Å². The van der Waals surface area contributed by atoms with E-state index in [1.54, 1.807) is 24.3 Å². The lowest BCUT2D eigenvalue weighted by Crippen LogP contribution is -2.12. The van der Waals surface area contributed by atoms with Crippen LogP contribution in [0.2, 0.25) is 10.0 Å². The van der Waals surface area contributed by atoms with Gasteiger partial charge in [0.2, 0.25) is 5.91 Å². The smallest absolute Gasteiger partial charge is 0.310 e. The predicted molar refractivity (Wildman–Crippen MR) is 118 cm³/mol. The third kappa shape index (κ3) is 5.74. The largest absolute Gasteiger partial charge is 0.502 e. The zero-order valence-electron chi connectivity index (χ0n) is 16.3. The Morgan fingerprint density at radius 1 is 1.26 bits per heavy atom. The van der Waals surface area contributed by atoms with Crippen LogP contribution in [0.3, 0.4) is 0 Å². The van der Waals surface area contributed by atoms with Gasteiger partial charge in [-0.3, -0.25) is 14.9 Å². The summed E-state index contributed by atoms with van der Waals surface area (Å²) >= 11 is 12.3. The second-order valence-corrected chi connectivity index (χ2v) is 7.70. The number of benzene rings is 2. The van der Waals surface area contributed by atoms with E-state index in [4.69, 9.17) is 28.9 Å². The summed E-state index contributed by atoms with van der Waals surface area (Å²) in [4.78, 5) is 26.1. The number of hydrogen-bond acceptors (Lipinski definition) is 5. The number of phenols is 1. The van der Waals surface area contributed by atoms with Gasteiger partial charge in [-0.25, -0.2) is 4.98 Å². The molecule has 31 heavy (non-hydrogen) atoms. The van der Waals surface area contributed by atoms with Crippen molar-refractivity contribution in [2.75, 3.05) is 0 Å². The molecule has 0 bridgehead atoms. The Labute approximate surface area is 188 Å². The molecule has 3 N–H and O–H groups in total. The summed E-state index contributed by atoms with van der Waals surface area (Å²) in [6.45, 7) is 0.503. The molecule has 3 rings (SSSR count). The molecule has 0 aliphatic rings. The van der Waals surface area contributed by atoms with Crippen molar-refractivity contribution in [1.82, 2.24) is 9.55 Å². The predicted octanol–water partition coefficient (Wildman–Crippen LogP) is 4.53. The molecule has 2 aromatic carbocycles. The SMILES string of the molecule is NC(=O)CCCn1cc(-c2ccc(Cl)cc2Cl)nc1[CH]Cc1ccc(O)c([N+](=O)[O-])c1. The molecule has 0 saturated heterocycles. The molecule has 10 heteroatoms. The van der Waals surface area contributed by atoms with Crippen LogP contribution in [-0.4, -0.2) is 25.5 Å². The number of carbonyl (C=O) groups is 1. The van der Waals surface area contributed by atoms with Gasteiger partial charge in [0.1, 0.15) is 5.82 Å². The van der Waals surface area contributed by atoms with E-state index in [9.17, 15) is 20.0 Å². The molecule has 1 aromatic heterocycles. The molecule has 0 saturated carbocycles. The molecule has 161 valence electrons. The third-order valence-corrected chi connectivity index (χ3v) is 5.14. The highest BCUT2D eigenvalue weighted by molar-refractivity contribution is 6.36. The fourth-order valence-corrected chi connectivity index (χ4v) is 3.58. The van der Waals surface area contributed by atoms with E-state index in [2.05, 4.69) is 4.98 Å². The van der Waals surface area contributed by atoms with Gasteiger partial charge in [0.25, 0.3) is 0 Å². The topological polar surface area (TPSA) is 124 Å². The molecule has 1 radical (unpaired) electrons. The summed E-state index contributed by atoms with van der Waals surface area (Å²) < 4.78 is 1.87. The molecule has 1 amide bonds. The molecule has 0 unspecified atom stereocenters. The lowest BCUT2D eigenvalue weighted by Gasteiger charge is -2.07. The number of aromatic nitrogens is 2. The highest BCUT2D eigenvalue weighted by Crippen LogP contribution is 2.31. The molecule has 0 aliphatic carbocycles. The fraction of sp³-hybridized carbons (Fsp3) is 0.190. The van der Waals surface area contributed by atoms with Gasteiger partial charge in [0.15, 0.2) is 5.75 Å². The number of aromatic hydroxyl groups is 1. The molecule has 0 aliphatic heterocycles. The first-order valence-corrected chi connectivity index (χ1v) is 10.1. The van der Waals surface area contributed by atoms with Crippen molar-refractivity contribution in [2.24, 2.45) is 5.73 Å². The van der Waals surface area contributed by atoms with Gasteiger partial charge in [0.05, 0.1) is 15.6 Å². The highest BCUT2D eigenvalue weighted by Gasteiger charge is 2.16. The highest BCUT2D eigenvalue weighted by atomic mass is 35.5. The summed E-state index contributed by atoms with van der Waals surface area (Å²) in [5.41, 5.74) is 6.85. The van der Waals surface area contributed by atoms with E-state index in [0.717, 1.165) is 0 Å². The minimum atomic E-state index is -0.635. The van der Waals surface area contributed by atoms with Gasteiger partial charge in [-0.15, -0.1) is 0 Å². The van der Waals surface area contributed by atoms with E-state index in [-0.39, 0.29) is 23.8 Å². The molecule has 8 nitrogen and oxygen atoms in total. The summed E-state index contributed by atoms with van der Waals surface area (Å²) in [6.07, 6.45) is 4.75. The number of nitro groups is 1. The zero-order valence-corrected chi connectivity index (χ0v) is 17.8. The van der Waals surface area contributed by atoms with E-state index in [1.165, 1.54) is 12.1 Å². The summed E-state index contributed by atoms with van der Waals surface area (Å²) in [7, 11) is 0. The van der Waals surface area contributed by atoms with Crippen LogP contribution in [0.5, 0.6) is 5.75 Å². The number of imidazole rings is 1. The standard InChI is InChI=1S/C21H19Cl2N4O4/c22-14-5-6-15(16(23)11-14)17-12-26(9-1-2-20(24)29)21(25-17)8-4-13-3-7-19(28)18(10-13)27(30)31/h3,5-8,10-12,28H,1-2,4,9H2,(H2,24,29). The van der Waals surface area contributed by atoms with Gasteiger partial charge in [-0.1, -0.05) is 29.3 Å². The zero-order chi connectivity index (χ0) is 22.5. The summed E-state index contributed by atoms with van der Waals surface area (Å²) in [6, 6.07) is 9.34. The normalized spacial score (nSPS) is 10.9. The van der Waals surface area contributed by atoms with Crippen LogP contribution in [0.1, 0.15) is 24.2 Å². The van der Waals surface area contributed by atoms with Crippen LogP contribution < -0.4 is 5.73 Å². The van der Waals surface area contributed by atoms with E-state index >= 15 is 0 Å². The van der Waals surface area contributed by atoms with Crippen LogP contribution in [0, 0.1) is 16.5 Å². The van der Waals surface area contributed by atoms with Gasteiger partial charge >= 0.3 is 5.69 Å². The number of nitrogens with two attached hydrogens (primary N) is 1. The van der Waals surface area contributed by atoms with Gasteiger partial charge in [-0.05, 0) is 42.7 Å². The third-order valence-electron chi connectivity index (χ3n) is 4.59. The Bertz CT molecular complexity index is 1130.